The zero-order valence-corrected chi connectivity index (χ0v) is 11.1. The summed E-state index contributed by atoms with van der Waals surface area (Å²) in [5.74, 6) is -1.26. The molecule has 4 nitrogen and oxygen atoms in total. The molecule has 0 spiro atoms. The van der Waals surface area contributed by atoms with E-state index in [0.29, 0.717) is 18.1 Å². The van der Waals surface area contributed by atoms with Crippen molar-refractivity contribution in [2.45, 2.75) is 43.6 Å². The van der Waals surface area contributed by atoms with Crippen molar-refractivity contribution < 1.29 is 13.3 Å². The minimum absolute atomic E-state index is 0.0972. The van der Waals surface area contributed by atoms with Crippen LogP contribution in [0.5, 0.6) is 0 Å². The van der Waals surface area contributed by atoms with Gasteiger partial charge in [0.05, 0.1) is 6.04 Å². The Morgan fingerprint density at radius 2 is 2.39 bits per heavy atom. The first-order chi connectivity index (χ1) is 8.52. The van der Waals surface area contributed by atoms with E-state index in [1.54, 1.807) is 11.8 Å². The van der Waals surface area contributed by atoms with Crippen LogP contribution in [-0.2, 0) is 0 Å². The van der Waals surface area contributed by atoms with Crippen LogP contribution in [0.25, 0.3) is 0 Å². The van der Waals surface area contributed by atoms with E-state index in [9.17, 15) is 8.78 Å². The van der Waals surface area contributed by atoms with Crippen LogP contribution in [0, 0.1) is 0 Å². The second-order valence-corrected chi connectivity index (χ2v) is 5.66. The minimum Gasteiger partial charge on any atom is -0.338 e. The molecule has 1 aromatic heterocycles. The Bertz CT molecular complexity index is 399. The summed E-state index contributed by atoms with van der Waals surface area (Å²) in [5.41, 5.74) is 5.89. The van der Waals surface area contributed by atoms with Crippen LogP contribution >= 0.6 is 11.8 Å². The molecular weight excluding hydrogens is 260 g/mol. The fourth-order valence-electron chi connectivity index (χ4n) is 2.10. The van der Waals surface area contributed by atoms with E-state index in [4.69, 9.17) is 10.3 Å². The second-order valence-electron chi connectivity index (χ2n) is 4.67. The Morgan fingerprint density at radius 3 is 3.00 bits per heavy atom. The Kier molecular flexibility index (Phi) is 4.21. The summed E-state index contributed by atoms with van der Waals surface area (Å²) in [6, 6.07) is -0.305. The molecule has 2 atom stereocenters. The van der Waals surface area contributed by atoms with Crippen LogP contribution in [-0.4, -0.2) is 28.1 Å². The number of rotatable bonds is 5. The lowest BCUT2D eigenvalue weighted by Gasteiger charge is -2.06. The molecule has 7 heteroatoms. The maximum atomic E-state index is 13.1. The van der Waals surface area contributed by atoms with Gasteiger partial charge in [-0.15, -0.1) is 0 Å². The largest absolute Gasteiger partial charge is 0.338 e. The summed E-state index contributed by atoms with van der Waals surface area (Å²) in [5, 5.41) is 3.79. The monoisotopic (exact) mass is 277 g/mol. The fraction of sp³-hybridized carbons (Fsp3) is 0.818. The predicted molar refractivity (Wildman–Crippen MR) is 65.8 cm³/mol. The third-order valence-electron chi connectivity index (χ3n) is 3.18. The lowest BCUT2D eigenvalue weighted by Crippen LogP contribution is -2.12. The Balaban J connectivity index is 1.98. The third kappa shape index (κ3) is 3.20. The summed E-state index contributed by atoms with van der Waals surface area (Å²) in [4.78, 5) is 4.17. The second kappa shape index (κ2) is 5.52. The van der Waals surface area contributed by atoms with Gasteiger partial charge in [-0.05, 0) is 24.9 Å². The molecule has 1 aliphatic carbocycles. The van der Waals surface area contributed by atoms with Crippen LogP contribution in [0.2, 0.25) is 0 Å². The fourth-order valence-corrected chi connectivity index (χ4v) is 2.59. The van der Waals surface area contributed by atoms with E-state index in [2.05, 4.69) is 10.1 Å². The molecule has 1 heterocycles. The molecule has 2 unspecified atom stereocenters. The van der Waals surface area contributed by atoms with Crippen molar-refractivity contribution in [2.24, 2.45) is 5.73 Å². The van der Waals surface area contributed by atoms with Crippen molar-refractivity contribution in [3.8, 4) is 0 Å². The first kappa shape index (κ1) is 13.7. The van der Waals surface area contributed by atoms with Crippen molar-refractivity contribution in [1.82, 2.24) is 10.1 Å². The molecular formula is C11H17F2N3OS. The van der Waals surface area contributed by atoms with E-state index < -0.39 is 5.92 Å². The van der Waals surface area contributed by atoms with Gasteiger partial charge in [-0.25, -0.2) is 8.78 Å². The maximum absolute atomic E-state index is 13.1. The van der Waals surface area contributed by atoms with Crippen LogP contribution < -0.4 is 5.73 Å². The van der Waals surface area contributed by atoms with Gasteiger partial charge in [0.2, 0.25) is 11.8 Å². The number of hydrogen-bond acceptors (Lipinski definition) is 5. The van der Waals surface area contributed by atoms with Crippen LogP contribution in [0.3, 0.4) is 0 Å². The normalized spacial score (nSPS) is 24.3. The topological polar surface area (TPSA) is 64.9 Å². The molecule has 2 N–H and O–H groups in total. The highest BCUT2D eigenvalue weighted by molar-refractivity contribution is 7.98. The van der Waals surface area contributed by atoms with Crippen molar-refractivity contribution in [1.29, 1.82) is 0 Å². The molecule has 1 saturated carbocycles. The smallest absolute Gasteiger partial charge is 0.248 e. The Morgan fingerprint density at radius 1 is 1.61 bits per heavy atom. The molecule has 2 rings (SSSR count). The highest BCUT2D eigenvalue weighted by Gasteiger charge is 2.42. The molecule has 0 radical (unpaired) electrons. The molecule has 18 heavy (non-hydrogen) atoms. The van der Waals surface area contributed by atoms with E-state index in [1.165, 1.54) is 0 Å². The molecule has 1 aliphatic rings. The van der Waals surface area contributed by atoms with Gasteiger partial charge in [0, 0.05) is 18.8 Å². The number of alkyl halides is 2. The first-order valence-electron chi connectivity index (χ1n) is 5.97. The average molecular weight is 277 g/mol. The highest BCUT2D eigenvalue weighted by atomic mass is 32.2. The number of nitrogens with zero attached hydrogens (tertiary/aromatic N) is 2. The van der Waals surface area contributed by atoms with Crippen molar-refractivity contribution in [3.05, 3.63) is 11.7 Å². The lowest BCUT2D eigenvalue weighted by molar-refractivity contribution is 0.00750. The van der Waals surface area contributed by atoms with Crippen molar-refractivity contribution in [2.75, 3.05) is 12.0 Å². The van der Waals surface area contributed by atoms with Gasteiger partial charge in [0.1, 0.15) is 0 Å². The summed E-state index contributed by atoms with van der Waals surface area (Å²) in [7, 11) is 0. The highest BCUT2D eigenvalue weighted by Crippen LogP contribution is 2.43. The Labute approximate surface area is 109 Å². The van der Waals surface area contributed by atoms with Gasteiger partial charge in [-0.3, -0.25) is 0 Å². The SMILES string of the molecule is CSCCC(N)c1nc(C2CCC(F)(F)C2)no1. The molecule has 0 saturated heterocycles. The van der Waals surface area contributed by atoms with Crippen molar-refractivity contribution >= 4 is 11.8 Å². The summed E-state index contributed by atoms with van der Waals surface area (Å²) in [6.07, 6.45) is 2.86. The van der Waals surface area contributed by atoms with Crippen LogP contribution in [0.1, 0.15) is 49.4 Å². The molecule has 1 aromatic rings. The van der Waals surface area contributed by atoms with Crippen molar-refractivity contribution in [3.63, 3.8) is 0 Å². The molecule has 102 valence electrons. The number of thioether (sulfide) groups is 1. The third-order valence-corrected chi connectivity index (χ3v) is 3.82. The van der Waals surface area contributed by atoms with Crippen LogP contribution in [0.15, 0.2) is 4.52 Å². The molecule has 0 bridgehead atoms. The number of aromatic nitrogens is 2. The zero-order valence-electron chi connectivity index (χ0n) is 10.2. The van der Waals surface area contributed by atoms with Gasteiger partial charge in [-0.2, -0.15) is 16.7 Å². The maximum Gasteiger partial charge on any atom is 0.248 e. The number of nitrogens with two attached hydrogens (primary N) is 1. The van der Waals surface area contributed by atoms with E-state index in [1.807, 2.05) is 6.26 Å². The first-order valence-corrected chi connectivity index (χ1v) is 7.37. The van der Waals surface area contributed by atoms with Gasteiger partial charge in [0.25, 0.3) is 0 Å². The standard InChI is InChI=1S/C11H17F2N3OS/c1-18-5-3-8(14)10-15-9(16-17-10)7-2-4-11(12,13)6-7/h7-8H,2-6,14H2,1H3. The predicted octanol–water partition coefficient (Wildman–Crippen LogP) is 2.73. The Hall–Kier alpha value is -0.690. The summed E-state index contributed by atoms with van der Waals surface area (Å²) >= 11 is 1.69. The quantitative estimate of drug-likeness (QED) is 0.896. The molecule has 0 aromatic carbocycles. The van der Waals surface area contributed by atoms with Gasteiger partial charge < -0.3 is 10.3 Å². The molecule has 0 aliphatic heterocycles. The van der Waals surface area contributed by atoms with Gasteiger partial charge in [0.15, 0.2) is 5.82 Å². The lowest BCUT2D eigenvalue weighted by atomic mass is 10.1. The molecule has 1 fully saturated rings. The van der Waals surface area contributed by atoms with Crippen LogP contribution in [0.4, 0.5) is 8.78 Å². The minimum atomic E-state index is -2.59. The van der Waals surface area contributed by atoms with E-state index in [-0.39, 0.29) is 24.8 Å². The molecule has 0 amide bonds. The van der Waals surface area contributed by atoms with E-state index >= 15 is 0 Å². The van der Waals surface area contributed by atoms with Gasteiger partial charge in [-0.1, -0.05) is 5.16 Å². The average Bonchev–Trinajstić information content (AvgIpc) is 2.92. The van der Waals surface area contributed by atoms with Gasteiger partial charge >= 0.3 is 0 Å². The summed E-state index contributed by atoms with van der Waals surface area (Å²) in [6.45, 7) is 0. The number of hydrogen-bond donors (Lipinski definition) is 1. The van der Waals surface area contributed by atoms with E-state index in [0.717, 1.165) is 12.2 Å². The summed E-state index contributed by atoms with van der Waals surface area (Å²) < 4.78 is 31.3. The zero-order chi connectivity index (χ0) is 13.2. The number of halogens is 2.